The summed E-state index contributed by atoms with van der Waals surface area (Å²) in [4.78, 5) is 2.26. The van der Waals surface area contributed by atoms with E-state index in [1.165, 1.54) is 55.8 Å². The average Bonchev–Trinajstić information content (AvgIpc) is 3.18. The summed E-state index contributed by atoms with van der Waals surface area (Å²) in [6.07, 6.45) is 11.2. The quantitative estimate of drug-likeness (QED) is 0.142. The van der Waals surface area contributed by atoms with E-state index in [9.17, 15) is 0 Å². The van der Waals surface area contributed by atoms with Crippen molar-refractivity contribution in [2.75, 3.05) is 13.6 Å². The molecule has 4 atom stereocenters. The smallest absolute Gasteiger partial charge is 0.120 e. The highest BCUT2D eigenvalue weighted by Crippen LogP contribution is 2.32. The maximum Gasteiger partial charge on any atom is 0.120 e. The van der Waals surface area contributed by atoms with Crippen molar-refractivity contribution in [3.63, 3.8) is 0 Å². The van der Waals surface area contributed by atoms with Crippen LogP contribution in [0.1, 0.15) is 41.4 Å². The Morgan fingerprint density at radius 3 is 1.78 bits per heavy atom. The van der Waals surface area contributed by atoms with Gasteiger partial charge in [-0.3, -0.25) is 10.6 Å². The summed E-state index contributed by atoms with van der Waals surface area (Å²) in [6.45, 7) is 2.98. The van der Waals surface area contributed by atoms with Crippen LogP contribution in [0.5, 0.6) is 0 Å². The van der Waals surface area contributed by atoms with E-state index >= 15 is 0 Å². The number of allylic oxidation sites excluding steroid dienone is 2. The topological polar surface area (TPSA) is 51.4 Å². The summed E-state index contributed by atoms with van der Waals surface area (Å²) in [6, 6.07) is 48.3. The van der Waals surface area contributed by atoms with E-state index in [-0.39, 0.29) is 18.4 Å². The molecule has 0 fully saturated rings. The molecule has 50 heavy (non-hydrogen) atoms. The molecular weight excluding hydrogens is 611 g/mol. The van der Waals surface area contributed by atoms with Gasteiger partial charge in [0.1, 0.15) is 12.3 Å². The van der Waals surface area contributed by atoms with E-state index in [0.717, 1.165) is 12.2 Å². The monoisotopic (exact) mass is 653 g/mol. The highest BCUT2D eigenvalue weighted by molar-refractivity contribution is 5.72. The van der Waals surface area contributed by atoms with Crippen molar-refractivity contribution in [1.29, 1.82) is 0 Å². The van der Waals surface area contributed by atoms with Crippen molar-refractivity contribution in [2.24, 2.45) is 0 Å². The Labute approximate surface area is 295 Å². The number of nitrogens with zero attached hydrogens (tertiary/aromatic N) is 1. The average molecular weight is 654 g/mol. The van der Waals surface area contributed by atoms with Crippen LogP contribution in [0.2, 0.25) is 0 Å². The molecule has 4 unspecified atom stereocenters. The van der Waals surface area contributed by atoms with Gasteiger partial charge >= 0.3 is 0 Å². The molecular formula is C45H43N5. The van der Waals surface area contributed by atoms with Gasteiger partial charge < -0.3 is 15.5 Å². The van der Waals surface area contributed by atoms with Gasteiger partial charge in [-0.1, -0.05) is 146 Å². The molecule has 0 aromatic heterocycles. The minimum Gasteiger partial charge on any atom is -0.380 e. The van der Waals surface area contributed by atoms with Gasteiger partial charge in [-0.2, -0.15) is 0 Å². The fourth-order valence-electron chi connectivity index (χ4n) is 7.14. The Balaban J connectivity index is 1.06. The van der Waals surface area contributed by atoms with Crippen LogP contribution in [-0.2, 0) is 0 Å². The summed E-state index contributed by atoms with van der Waals surface area (Å²) in [5.41, 5.74) is 13.3. The Kier molecular flexibility index (Phi) is 8.91. The molecule has 0 saturated carbocycles. The first-order valence-corrected chi connectivity index (χ1v) is 17.5. The molecule has 4 N–H and O–H groups in total. The van der Waals surface area contributed by atoms with Gasteiger partial charge in [0.15, 0.2) is 0 Å². The van der Waals surface area contributed by atoms with Crippen molar-refractivity contribution in [2.45, 2.75) is 31.3 Å². The van der Waals surface area contributed by atoms with Gasteiger partial charge in [0.2, 0.25) is 0 Å². The molecule has 3 aliphatic heterocycles. The normalized spacial score (nSPS) is 21.7. The fourth-order valence-corrected chi connectivity index (χ4v) is 7.14. The van der Waals surface area contributed by atoms with Gasteiger partial charge in [-0.05, 0) is 69.2 Å². The van der Waals surface area contributed by atoms with Crippen LogP contribution in [0, 0.1) is 0 Å². The molecule has 5 nitrogen and oxygen atoms in total. The number of dihydropyridines is 1. The van der Waals surface area contributed by atoms with E-state index in [1.54, 1.807) is 0 Å². The standard InChI is InChI=1S/C45H43N5/c1-31-10-9-15-41(47-31)45-46-29-40(30-50(45)2)36-18-24-38(25-19-36)43-28-42(37-22-16-34(17-23-37)32-11-5-3-6-12-32)48-44(49-43)39-26-20-35(21-27-39)33-13-7-4-8-14-33/h3-28,30-31,43-49H,29H2,1-2H3. The molecule has 3 aliphatic rings. The Morgan fingerprint density at radius 2 is 1.16 bits per heavy atom. The number of hydrogen-bond acceptors (Lipinski definition) is 5. The third-order valence-corrected chi connectivity index (χ3v) is 9.89. The molecule has 5 aromatic carbocycles. The molecule has 248 valence electrons. The first-order chi connectivity index (χ1) is 24.6. The van der Waals surface area contributed by atoms with Crippen LogP contribution in [0.4, 0.5) is 0 Å². The summed E-state index contributed by atoms with van der Waals surface area (Å²) >= 11 is 0. The first kappa shape index (κ1) is 31.6. The van der Waals surface area contributed by atoms with E-state index in [0.29, 0.717) is 6.04 Å². The lowest BCUT2D eigenvalue weighted by Crippen LogP contribution is -2.50. The van der Waals surface area contributed by atoms with Crippen molar-refractivity contribution in [3.05, 3.63) is 192 Å². The molecule has 0 bridgehead atoms. The zero-order chi connectivity index (χ0) is 33.9. The lowest BCUT2D eigenvalue weighted by Gasteiger charge is -2.37. The van der Waals surface area contributed by atoms with E-state index in [4.69, 9.17) is 0 Å². The molecule has 0 radical (unpaired) electrons. The third kappa shape index (κ3) is 6.79. The second-order valence-corrected chi connectivity index (χ2v) is 13.4. The Bertz CT molecular complexity index is 2040. The van der Waals surface area contributed by atoms with E-state index in [2.05, 4.69) is 204 Å². The molecule has 0 amide bonds. The SMILES string of the molecule is CC1C=CC=C(C2NCC(c3ccc(C4C=C(c5ccc(-c6ccccc6)cc5)NC(c5ccc(-c6ccccc6)cc5)N4)cc3)=CN2C)N1. The van der Waals surface area contributed by atoms with Crippen LogP contribution in [0.25, 0.3) is 33.5 Å². The highest BCUT2D eigenvalue weighted by Gasteiger charge is 2.26. The fraction of sp³-hybridized carbons (Fsp3) is 0.156. The molecule has 0 aliphatic carbocycles. The maximum absolute atomic E-state index is 3.89. The van der Waals surface area contributed by atoms with Gasteiger partial charge in [-0.25, -0.2) is 0 Å². The minimum absolute atomic E-state index is 0.0257. The van der Waals surface area contributed by atoms with Crippen molar-refractivity contribution < 1.29 is 0 Å². The van der Waals surface area contributed by atoms with Crippen LogP contribution in [-0.4, -0.2) is 30.7 Å². The van der Waals surface area contributed by atoms with Crippen molar-refractivity contribution >= 4 is 11.3 Å². The van der Waals surface area contributed by atoms with Crippen molar-refractivity contribution in [3.8, 4) is 22.3 Å². The lowest BCUT2D eigenvalue weighted by molar-refractivity contribution is 0.296. The van der Waals surface area contributed by atoms with E-state index in [1.807, 2.05) is 0 Å². The zero-order valence-electron chi connectivity index (χ0n) is 28.6. The summed E-state index contributed by atoms with van der Waals surface area (Å²) in [5.74, 6) is 0. The summed E-state index contributed by atoms with van der Waals surface area (Å²) in [7, 11) is 2.14. The first-order valence-electron chi connectivity index (χ1n) is 17.5. The van der Waals surface area contributed by atoms with Crippen molar-refractivity contribution in [1.82, 2.24) is 26.2 Å². The van der Waals surface area contributed by atoms with Crippen LogP contribution in [0.3, 0.4) is 0 Å². The molecule has 0 saturated heterocycles. The number of benzene rings is 5. The minimum atomic E-state index is -0.0607. The number of nitrogens with one attached hydrogen (secondary N) is 4. The van der Waals surface area contributed by atoms with Gasteiger partial charge in [0.25, 0.3) is 0 Å². The molecule has 8 rings (SSSR count). The molecule has 5 heteroatoms. The third-order valence-electron chi connectivity index (χ3n) is 9.89. The Hall–Kier alpha value is -5.62. The van der Waals surface area contributed by atoms with Gasteiger partial charge in [0, 0.05) is 37.2 Å². The largest absolute Gasteiger partial charge is 0.380 e. The molecule has 5 aromatic rings. The van der Waals surface area contributed by atoms with Gasteiger partial charge in [-0.15, -0.1) is 0 Å². The summed E-state index contributed by atoms with van der Waals surface area (Å²) < 4.78 is 0. The Morgan fingerprint density at radius 1 is 0.600 bits per heavy atom. The predicted molar refractivity (Wildman–Crippen MR) is 207 cm³/mol. The van der Waals surface area contributed by atoms with Crippen LogP contribution in [0.15, 0.2) is 170 Å². The summed E-state index contributed by atoms with van der Waals surface area (Å²) in [5, 5.41) is 15.0. The lowest BCUT2D eigenvalue weighted by atomic mass is 9.95. The number of rotatable bonds is 7. The van der Waals surface area contributed by atoms with Gasteiger partial charge in [0.05, 0.1) is 6.04 Å². The predicted octanol–water partition coefficient (Wildman–Crippen LogP) is 8.63. The van der Waals surface area contributed by atoms with E-state index < -0.39 is 0 Å². The van der Waals surface area contributed by atoms with Crippen LogP contribution >= 0.6 is 0 Å². The highest BCUT2D eigenvalue weighted by atomic mass is 15.3. The second kappa shape index (κ2) is 14.1. The maximum atomic E-state index is 3.89. The number of likely N-dealkylation sites (N-methyl/N-ethyl adjacent to an activating group) is 1. The van der Waals surface area contributed by atoms with Crippen LogP contribution < -0.4 is 21.3 Å². The second-order valence-electron chi connectivity index (χ2n) is 13.4. The molecule has 3 heterocycles. The number of hydrogen-bond donors (Lipinski definition) is 4. The zero-order valence-corrected chi connectivity index (χ0v) is 28.6. The molecule has 0 spiro atoms.